The molecule has 0 spiro atoms. The maximum Gasteiger partial charge on any atom is 0.274 e. The summed E-state index contributed by atoms with van der Waals surface area (Å²) in [6.45, 7) is 5.35. The van der Waals surface area contributed by atoms with E-state index >= 15 is 0 Å². The normalized spacial score (nSPS) is 15.2. The quantitative estimate of drug-likeness (QED) is 0.561. The van der Waals surface area contributed by atoms with Gasteiger partial charge in [-0.2, -0.15) is 0 Å². The van der Waals surface area contributed by atoms with Gasteiger partial charge in [-0.15, -0.1) is 0 Å². The first-order chi connectivity index (χ1) is 8.14. The topological polar surface area (TPSA) is 110 Å². The molecule has 0 bridgehead atoms. The molecule has 6 heteroatoms. The molecule has 1 rings (SSSR count). The SMILES string of the molecule is CC(C)(C)[C@H](O)[C@H](N)c1cc(O)ccc1[N+](=O)[O-]. The fraction of sp³-hybridized carbons (Fsp3) is 0.500. The average molecular weight is 254 g/mol. The first-order valence-electron chi connectivity index (χ1n) is 5.55. The van der Waals surface area contributed by atoms with Gasteiger partial charge in [0.25, 0.3) is 5.69 Å². The van der Waals surface area contributed by atoms with Gasteiger partial charge in [-0.25, -0.2) is 0 Å². The van der Waals surface area contributed by atoms with Crippen LogP contribution in [-0.4, -0.2) is 21.2 Å². The monoisotopic (exact) mass is 254 g/mol. The van der Waals surface area contributed by atoms with Crippen LogP contribution in [-0.2, 0) is 0 Å². The Balaban J connectivity index is 3.23. The molecule has 0 unspecified atom stereocenters. The van der Waals surface area contributed by atoms with E-state index in [1.807, 2.05) is 0 Å². The smallest absolute Gasteiger partial charge is 0.274 e. The molecule has 0 radical (unpaired) electrons. The zero-order valence-corrected chi connectivity index (χ0v) is 10.6. The molecule has 0 aliphatic rings. The molecule has 6 nitrogen and oxygen atoms in total. The Morgan fingerprint density at radius 2 is 1.94 bits per heavy atom. The standard InChI is InChI=1S/C12H18N2O4/c1-12(2,3)11(16)10(13)8-6-7(15)4-5-9(8)14(17)18/h4-6,10-11,15-16H,13H2,1-3H3/t10-,11-/m1/s1. The summed E-state index contributed by atoms with van der Waals surface area (Å²) < 4.78 is 0. The number of aliphatic hydroxyl groups is 1. The first-order valence-corrected chi connectivity index (χ1v) is 5.55. The van der Waals surface area contributed by atoms with Gasteiger partial charge in [-0.05, 0) is 17.5 Å². The molecule has 0 saturated heterocycles. The molecule has 0 saturated carbocycles. The molecule has 18 heavy (non-hydrogen) atoms. The highest BCUT2D eigenvalue weighted by Crippen LogP contribution is 2.34. The summed E-state index contributed by atoms with van der Waals surface area (Å²) in [6.07, 6.45) is -0.960. The molecule has 0 aromatic heterocycles. The highest BCUT2D eigenvalue weighted by atomic mass is 16.6. The Labute approximate surface area is 105 Å². The average Bonchev–Trinajstić information content (AvgIpc) is 2.25. The van der Waals surface area contributed by atoms with Crippen LogP contribution < -0.4 is 5.73 Å². The van der Waals surface area contributed by atoms with Crippen molar-refractivity contribution in [1.82, 2.24) is 0 Å². The van der Waals surface area contributed by atoms with Crippen molar-refractivity contribution in [3.63, 3.8) is 0 Å². The van der Waals surface area contributed by atoms with Crippen molar-refractivity contribution < 1.29 is 15.1 Å². The lowest BCUT2D eigenvalue weighted by atomic mass is 9.82. The molecule has 1 aromatic carbocycles. The molecule has 0 fully saturated rings. The lowest BCUT2D eigenvalue weighted by Crippen LogP contribution is -2.37. The van der Waals surface area contributed by atoms with Crippen LogP contribution in [0.2, 0.25) is 0 Å². The van der Waals surface area contributed by atoms with Crippen LogP contribution in [0.25, 0.3) is 0 Å². The number of nitrogens with zero attached hydrogens (tertiary/aromatic N) is 1. The molecule has 4 N–H and O–H groups in total. The Hall–Kier alpha value is -1.66. The second-order valence-electron chi connectivity index (χ2n) is 5.34. The third-order valence-electron chi connectivity index (χ3n) is 2.79. The Kier molecular flexibility index (Phi) is 3.93. The number of hydrogen-bond acceptors (Lipinski definition) is 5. The number of phenolic OH excluding ortho intramolecular Hbond substituents is 1. The predicted octanol–water partition coefficient (Wildman–Crippen LogP) is 1.71. The van der Waals surface area contributed by atoms with Gasteiger partial charge in [0.15, 0.2) is 0 Å². The van der Waals surface area contributed by atoms with Crippen molar-refractivity contribution in [3.8, 4) is 5.75 Å². The highest BCUT2D eigenvalue weighted by molar-refractivity contribution is 5.47. The molecular weight excluding hydrogens is 236 g/mol. The maximum absolute atomic E-state index is 10.9. The number of phenols is 1. The van der Waals surface area contributed by atoms with Gasteiger partial charge < -0.3 is 15.9 Å². The molecule has 0 aliphatic heterocycles. The fourth-order valence-corrected chi connectivity index (χ4v) is 1.68. The number of nitro benzene ring substituents is 1. The van der Waals surface area contributed by atoms with E-state index in [0.29, 0.717) is 0 Å². The molecule has 0 heterocycles. The van der Waals surface area contributed by atoms with E-state index in [9.17, 15) is 20.3 Å². The second kappa shape index (κ2) is 4.91. The van der Waals surface area contributed by atoms with Gasteiger partial charge in [-0.3, -0.25) is 10.1 Å². The van der Waals surface area contributed by atoms with Crippen LogP contribution in [0.4, 0.5) is 5.69 Å². The van der Waals surface area contributed by atoms with Crippen LogP contribution in [0.1, 0.15) is 32.4 Å². The van der Waals surface area contributed by atoms with Crippen LogP contribution in [0.5, 0.6) is 5.75 Å². The summed E-state index contributed by atoms with van der Waals surface area (Å²) in [5.74, 6) is -0.118. The van der Waals surface area contributed by atoms with Gasteiger partial charge in [0.1, 0.15) is 5.75 Å². The predicted molar refractivity (Wildman–Crippen MR) is 67.2 cm³/mol. The number of aliphatic hydroxyl groups excluding tert-OH is 1. The van der Waals surface area contributed by atoms with E-state index in [2.05, 4.69) is 0 Å². The number of aromatic hydroxyl groups is 1. The zero-order valence-electron chi connectivity index (χ0n) is 10.6. The van der Waals surface area contributed by atoms with Crippen molar-refractivity contribution in [1.29, 1.82) is 0 Å². The van der Waals surface area contributed by atoms with Crippen LogP contribution in [0.3, 0.4) is 0 Å². The minimum Gasteiger partial charge on any atom is -0.508 e. The summed E-state index contributed by atoms with van der Waals surface area (Å²) in [7, 11) is 0. The van der Waals surface area contributed by atoms with E-state index in [1.54, 1.807) is 20.8 Å². The summed E-state index contributed by atoms with van der Waals surface area (Å²) in [4.78, 5) is 10.3. The molecule has 0 amide bonds. The van der Waals surface area contributed by atoms with Crippen molar-refractivity contribution in [2.24, 2.45) is 11.1 Å². The summed E-state index contributed by atoms with van der Waals surface area (Å²) >= 11 is 0. The van der Waals surface area contributed by atoms with Crippen molar-refractivity contribution >= 4 is 5.69 Å². The van der Waals surface area contributed by atoms with Crippen LogP contribution in [0.15, 0.2) is 18.2 Å². The Morgan fingerprint density at radius 1 is 1.39 bits per heavy atom. The van der Waals surface area contributed by atoms with Crippen molar-refractivity contribution in [2.45, 2.75) is 32.9 Å². The van der Waals surface area contributed by atoms with Gasteiger partial charge in [-0.1, -0.05) is 20.8 Å². The number of nitrogens with two attached hydrogens (primary N) is 1. The molecule has 2 atom stereocenters. The Bertz CT molecular complexity index is 454. The third kappa shape index (κ3) is 2.96. The summed E-state index contributed by atoms with van der Waals surface area (Å²) in [5, 5.41) is 30.4. The lowest BCUT2D eigenvalue weighted by molar-refractivity contribution is -0.385. The van der Waals surface area contributed by atoms with Crippen molar-refractivity contribution in [3.05, 3.63) is 33.9 Å². The number of rotatable bonds is 3. The maximum atomic E-state index is 10.9. The van der Waals surface area contributed by atoms with Crippen LogP contribution in [0, 0.1) is 15.5 Å². The van der Waals surface area contributed by atoms with Gasteiger partial charge >= 0.3 is 0 Å². The van der Waals surface area contributed by atoms with Gasteiger partial charge in [0.2, 0.25) is 0 Å². The molecule has 0 aliphatic carbocycles. The van der Waals surface area contributed by atoms with E-state index < -0.39 is 22.5 Å². The van der Waals surface area contributed by atoms with Gasteiger partial charge in [0, 0.05) is 6.07 Å². The lowest BCUT2D eigenvalue weighted by Gasteiger charge is -2.30. The minimum absolute atomic E-state index is 0.118. The number of nitro groups is 1. The molecule has 100 valence electrons. The number of benzene rings is 1. The molecule has 1 aromatic rings. The first kappa shape index (κ1) is 14.4. The summed E-state index contributed by atoms with van der Waals surface area (Å²) in [6, 6.07) is 2.69. The summed E-state index contributed by atoms with van der Waals surface area (Å²) in [5.41, 5.74) is 5.27. The van der Waals surface area contributed by atoms with E-state index in [1.165, 1.54) is 18.2 Å². The van der Waals surface area contributed by atoms with E-state index in [4.69, 9.17) is 5.73 Å². The second-order valence-corrected chi connectivity index (χ2v) is 5.34. The zero-order chi connectivity index (χ0) is 14.1. The van der Waals surface area contributed by atoms with Crippen LogP contribution >= 0.6 is 0 Å². The fourth-order valence-electron chi connectivity index (χ4n) is 1.68. The Morgan fingerprint density at radius 3 is 2.39 bits per heavy atom. The van der Waals surface area contributed by atoms with E-state index in [0.717, 1.165) is 0 Å². The largest absolute Gasteiger partial charge is 0.508 e. The minimum atomic E-state index is -0.960. The van der Waals surface area contributed by atoms with Crippen molar-refractivity contribution in [2.75, 3.05) is 0 Å². The third-order valence-corrected chi connectivity index (χ3v) is 2.79. The van der Waals surface area contributed by atoms with E-state index in [-0.39, 0.29) is 17.0 Å². The highest BCUT2D eigenvalue weighted by Gasteiger charge is 2.32. The molecular formula is C12H18N2O4. The number of hydrogen-bond donors (Lipinski definition) is 3. The van der Waals surface area contributed by atoms with Gasteiger partial charge in [0.05, 0.1) is 22.6 Å².